The molecule has 1 atom stereocenters. The highest BCUT2D eigenvalue weighted by molar-refractivity contribution is 5.78. The highest BCUT2D eigenvalue weighted by atomic mass is 16.3. The van der Waals surface area contributed by atoms with Gasteiger partial charge in [-0.2, -0.15) is 0 Å². The number of hydrogen-bond acceptors (Lipinski definition) is 2. The zero-order valence-corrected chi connectivity index (χ0v) is 10.5. The average Bonchev–Trinajstić information content (AvgIpc) is 2.71. The van der Waals surface area contributed by atoms with Gasteiger partial charge in [0.25, 0.3) is 0 Å². The van der Waals surface area contributed by atoms with Crippen LogP contribution in [0.5, 0.6) is 0 Å². The summed E-state index contributed by atoms with van der Waals surface area (Å²) in [4.78, 5) is 11.7. The number of aliphatic hydroxyl groups excluding tert-OH is 1. The Morgan fingerprint density at radius 1 is 1.38 bits per heavy atom. The molecule has 1 unspecified atom stereocenters. The minimum Gasteiger partial charge on any atom is -0.396 e. The first-order chi connectivity index (χ1) is 7.65. The molecule has 3 heteroatoms. The van der Waals surface area contributed by atoms with Crippen LogP contribution in [0.1, 0.15) is 46.0 Å². The number of hydrogen-bond donors (Lipinski definition) is 2. The molecule has 0 spiro atoms. The minimum atomic E-state index is -0.247. The predicted octanol–water partition coefficient (Wildman–Crippen LogP) is 1.95. The Balaban J connectivity index is 2.17. The molecule has 0 radical (unpaired) electrons. The SMILES string of the molecule is CC(C)C(CO)C(=O)NCCC1CCCC1. The first-order valence-corrected chi connectivity index (χ1v) is 6.53. The summed E-state index contributed by atoms with van der Waals surface area (Å²) in [7, 11) is 0. The number of carbonyl (C=O) groups excluding carboxylic acids is 1. The molecule has 1 fully saturated rings. The third kappa shape index (κ3) is 4.12. The van der Waals surface area contributed by atoms with Crippen molar-refractivity contribution in [3.8, 4) is 0 Å². The Kier molecular flexibility index (Phi) is 5.81. The summed E-state index contributed by atoms with van der Waals surface area (Å²) in [6, 6.07) is 0. The maximum atomic E-state index is 11.7. The van der Waals surface area contributed by atoms with Gasteiger partial charge in [0, 0.05) is 6.54 Å². The van der Waals surface area contributed by atoms with Gasteiger partial charge in [-0.05, 0) is 18.3 Å². The Morgan fingerprint density at radius 2 is 2.00 bits per heavy atom. The standard InChI is InChI=1S/C13H25NO2/c1-10(2)12(9-15)13(16)14-8-7-11-5-3-4-6-11/h10-12,15H,3-9H2,1-2H3,(H,14,16). The molecule has 1 saturated carbocycles. The summed E-state index contributed by atoms with van der Waals surface area (Å²) in [5, 5.41) is 12.1. The monoisotopic (exact) mass is 227 g/mol. The molecule has 1 aliphatic rings. The largest absolute Gasteiger partial charge is 0.396 e. The van der Waals surface area contributed by atoms with Crippen LogP contribution in [-0.4, -0.2) is 24.2 Å². The Labute approximate surface area is 98.6 Å². The first kappa shape index (κ1) is 13.5. The van der Waals surface area contributed by atoms with Crippen molar-refractivity contribution in [1.29, 1.82) is 0 Å². The van der Waals surface area contributed by atoms with E-state index in [-0.39, 0.29) is 24.3 Å². The van der Waals surface area contributed by atoms with Gasteiger partial charge in [0.05, 0.1) is 12.5 Å². The molecule has 1 aliphatic carbocycles. The van der Waals surface area contributed by atoms with E-state index in [0.29, 0.717) is 0 Å². The molecule has 0 saturated heterocycles. The fourth-order valence-electron chi connectivity index (χ4n) is 2.43. The lowest BCUT2D eigenvalue weighted by Gasteiger charge is -2.18. The van der Waals surface area contributed by atoms with E-state index in [1.807, 2.05) is 13.8 Å². The highest BCUT2D eigenvalue weighted by Gasteiger charge is 2.21. The fraction of sp³-hybridized carbons (Fsp3) is 0.923. The predicted molar refractivity (Wildman–Crippen MR) is 65.0 cm³/mol. The van der Waals surface area contributed by atoms with Crippen molar-refractivity contribution < 1.29 is 9.90 Å². The highest BCUT2D eigenvalue weighted by Crippen LogP contribution is 2.26. The average molecular weight is 227 g/mol. The zero-order valence-electron chi connectivity index (χ0n) is 10.5. The van der Waals surface area contributed by atoms with Gasteiger partial charge in [-0.15, -0.1) is 0 Å². The molecule has 0 bridgehead atoms. The lowest BCUT2D eigenvalue weighted by Crippen LogP contribution is -2.36. The van der Waals surface area contributed by atoms with Crippen molar-refractivity contribution in [1.82, 2.24) is 5.32 Å². The molecule has 0 aromatic carbocycles. The normalized spacial score (nSPS) is 19.0. The van der Waals surface area contributed by atoms with E-state index < -0.39 is 0 Å². The molecule has 0 aliphatic heterocycles. The second-order valence-electron chi connectivity index (χ2n) is 5.26. The molecule has 0 aromatic heterocycles. The van der Waals surface area contributed by atoms with Crippen molar-refractivity contribution in [3.05, 3.63) is 0 Å². The van der Waals surface area contributed by atoms with Crippen molar-refractivity contribution in [3.63, 3.8) is 0 Å². The zero-order chi connectivity index (χ0) is 12.0. The molecule has 1 amide bonds. The van der Waals surface area contributed by atoms with Crippen LogP contribution in [0.2, 0.25) is 0 Å². The van der Waals surface area contributed by atoms with Crippen LogP contribution in [0, 0.1) is 17.8 Å². The summed E-state index contributed by atoms with van der Waals surface area (Å²) >= 11 is 0. The number of aliphatic hydroxyl groups is 1. The van der Waals surface area contributed by atoms with Crippen molar-refractivity contribution in [2.24, 2.45) is 17.8 Å². The summed E-state index contributed by atoms with van der Waals surface area (Å²) in [6.45, 7) is 4.66. The van der Waals surface area contributed by atoms with Crippen LogP contribution >= 0.6 is 0 Å². The molecular formula is C13H25NO2. The molecule has 16 heavy (non-hydrogen) atoms. The van der Waals surface area contributed by atoms with Crippen LogP contribution in [0.3, 0.4) is 0 Å². The number of nitrogens with one attached hydrogen (secondary N) is 1. The second kappa shape index (κ2) is 6.89. The third-order valence-corrected chi connectivity index (χ3v) is 3.66. The van der Waals surface area contributed by atoms with Crippen LogP contribution in [-0.2, 0) is 4.79 Å². The van der Waals surface area contributed by atoms with E-state index in [1.165, 1.54) is 25.7 Å². The van der Waals surface area contributed by atoms with Gasteiger partial charge in [0.1, 0.15) is 0 Å². The molecule has 3 nitrogen and oxygen atoms in total. The van der Waals surface area contributed by atoms with Gasteiger partial charge >= 0.3 is 0 Å². The van der Waals surface area contributed by atoms with E-state index in [9.17, 15) is 4.79 Å². The number of carbonyl (C=O) groups is 1. The molecule has 94 valence electrons. The maximum Gasteiger partial charge on any atom is 0.225 e. The molecule has 1 rings (SSSR count). The van der Waals surface area contributed by atoms with E-state index in [1.54, 1.807) is 0 Å². The summed E-state index contributed by atoms with van der Waals surface area (Å²) in [5.41, 5.74) is 0. The second-order valence-corrected chi connectivity index (χ2v) is 5.26. The maximum absolute atomic E-state index is 11.7. The number of amides is 1. The molecule has 0 aromatic rings. The van der Waals surface area contributed by atoms with Crippen LogP contribution in [0.15, 0.2) is 0 Å². The van der Waals surface area contributed by atoms with Gasteiger partial charge in [0.2, 0.25) is 5.91 Å². The van der Waals surface area contributed by atoms with Gasteiger partial charge in [-0.25, -0.2) is 0 Å². The van der Waals surface area contributed by atoms with Gasteiger partial charge in [-0.1, -0.05) is 39.5 Å². The van der Waals surface area contributed by atoms with Crippen molar-refractivity contribution in [2.45, 2.75) is 46.0 Å². The van der Waals surface area contributed by atoms with E-state index in [0.717, 1.165) is 18.9 Å². The fourth-order valence-corrected chi connectivity index (χ4v) is 2.43. The van der Waals surface area contributed by atoms with Crippen LogP contribution in [0.25, 0.3) is 0 Å². The Hall–Kier alpha value is -0.570. The lowest BCUT2D eigenvalue weighted by molar-refractivity contribution is -0.127. The quantitative estimate of drug-likeness (QED) is 0.728. The Morgan fingerprint density at radius 3 is 2.50 bits per heavy atom. The molecule has 2 N–H and O–H groups in total. The molecular weight excluding hydrogens is 202 g/mol. The van der Waals surface area contributed by atoms with E-state index >= 15 is 0 Å². The van der Waals surface area contributed by atoms with Crippen LogP contribution < -0.4 is 5.32 Å². The van der Waals surface area contributed by atoms with Crippen molar-refractivity contribution in [2.75, 3.05) is 13.2 Å². The third-order valence-electron chi connectivity index (χ3n) is 3.66. The van der Waals surface area contributed by atoms with Gasteiger partial charge in [-0.3, -0.25) is 4.79 Å². The van der Waals surface area contributed by atoms with Gasteiger partial charge < -0.3 is 10.4 Å². The van der Waals surface area contributed by atoms with E-state index in [2.05, 4.69) is 5.32 Å². The van der Waals surface area contributed by atoms with E-state index in [4.69, 9.17) is 5.11 Å². The van der Waals surface area contributed by atoms with Crippen molar-refractivity contribution >= 4 is 5.91 Å². The topological polar surface area (TPSA) is 49.3 Å². The minimum absolute atomic E-state index is 0.00972. The lowest BCUT2D eigenvalue weighted by atomic mass is 9.95. The summed E-state index contributed by atoms with van der Waals surface area (Å²) < 4.78 is 0. The van der Waals surface area contributed by atoms with Gasteiger partial charge in [0.15, 0.2) is 0 Å². The Bertz CT molecular complexity index is 210. The first-order valence-electron chi connectivity index (χ1n) is 6.53. The smallest absolute Gasteiger partial charge is 0.225 e. The molecule has 0 heterocycles. The van der Waals surface area contributed by atoms with Crippen LogP contribution in [0.4, 0.5) is 0 Å². The number of rotatable bonds is 6. The summed E-state index contributed by atoms with van der Waals surface area (Å²) in [6.07, 6.45) is 6.45. The summed E-state index contributed by atoms with van der Waals surface area (Å²) in [5.74, 6) is 0.780.